The van der Waals surface area contributed by atoms with Crippen LogP contribution in [-0.4, -0.2) is 39.8 Å². The molecule has 0 unspecified atom stereocenters. The standard InChI is InChI=1S/C35H40F6N2O4/c1-7-31(5,8-2)29(46)21-12-11-13-22(18-21)30(47)42-25-19-23(14-16-27(25)44)33(34(36,37)38,35(39,40)41)24-15-17-28(45)26(20-24)43-32(6,9-3)10-4/h11-20,43-45H,7-10H2,1-6H3,(H,42,47). The number of ketones is 1. The van der Waals surface area contributed by atoms with Crippen LogP contribution in [0.5, 0.6) is 11.5 Å². The quantitative estimate of drug-likeness (QED) is 0.0877. The van der Waals surface area contributed by atoms with E-state index in [1.54, 1.807) is 27.7 Å². The fourth-order valence-corrected chi connectivity index (χ4v) is 5.39. The molecule has 4 N–H and O–H groups in total. The molecule has 0 fully saturated rings. The Morgan fingerprint density at radius 1 is 0.660 bits per heavy atom. The smallest absolute Gasteiger partial charge is 0.411 e. The Hall–Kier alpha value is -4.22. The van der Waals surface area contributed by atoms with Crippen LogP contribution in [0.3, 0.4) is 0 Å². The van der Waals surface area contributed by atoms with Crippen molar-refractivity contribution in [3.63, 3.8) is 0 Å². The summed E-state index contributed by atoms with van der Waals surface area (Å²) in [5, 5.41) is 26.0. The minimum Gasteiger partial charge on any atom is -0.506 e. The number of rotatable bonds is 12. The highest BCUT2D eigenvalue weighted by molar-refractivity contribution is 6.07. The fourth-order valence-electron chi connectivity index (χ4n) is 5.39. The van der Waals surface area contributed by atoms with Gasteiger partial charge in [-0.3, -0.25) is 9.59 Å². The molecule has 256 valence electrons. The lowest BCUT2D eigenvalue weighted by Gasteiger charge is -2.39. The zero-order valence-corrected chi connectivity index (χ0v) is 27.1. The van der Waals surface area contributed by atoms with Gasteiger partial charge in [-0.25, -0.2) is 0 Å². The molecule has 0 aliphatic heterocycles. The molecule has 12 heteroatoms. The third kappa shape index (κ3) is 7.06. The number of benzene rings is 3. The molecule has 0 spiro atoms. The number of amides is 1. The molecule has 0 radical (unpaired) electrons. The molecular formula is C35H40F6N2O4. The lowest BCUT2D eigenvalue weighted by atomic mass is 9.72. The van der Waals surface area contributed by atoms with Crippen LogP contribution in [0.15, 0.2) is 60.7 Å². The van der Waals surface area contributed by atoms with Crippen LogP contribution in [0.4, 0.5) is 37.7 Å². The van der Waals surface area contributed by atoms with E-state index in [1.165, 1.54) is 24.3 Å². The molecule has 3 rings (SSSR count). The molecule has 6 nitrogen and oxygen atoms in total. The zero-order valence-electron chi connectivity index (χ0n) is 27.1. The van der Waals surface area contributed by atoms with Crippen molar-refractivity contribution in [3.05, 3.63) is 82.9 Å². The second kappa shape index (κ2) is 13.5. The molecule has 0 saturated heterocycles. The Labute approximate surface area is 270 Å². The van der Waals surface area contributed by atoms with E-state index in [9.17, 15) is 46.1 Å². The highest BCUT2D eigenvalue weighted by Gasteiger charge is 2.72. The van der Waals surface area contributed by atoms with Gasteiger partial charge in [-0.1, -0.05) is 58.9 Å². The summed E-state index contributed by atoms with van der Waals surface area (Å²) < 4.78 is 90.0. The summed E-state index contributed by atoms with van der Waals surface area (Å²) in [5.74, 6) is -2.53. The van der Waals surface area contributed by atoms with Crippen LogP contribution >= 0.6 is 0 Å². The highest BCUT2D eigenvalue weighted by atomic mass is 19.4. The van der Waals surface area contributed by atoms with Crippen molar-refractivity contribution in [1.29, 1.82) is 0 Å². The largest absolute Gasteiger partial charge is 0.506 e. The molecule has 3 aromatic carbocycles. The average molecular weight is 667 g/mol. The molecule has 0 aromatic heterocycles. The molecule has 0 bridgehead atoms. The van der Waals surface area contributed by atoms with Crippen LogP contribution in [0.2, 0.25) is 0 Å². The van der Waals surface area contributed by atoms with Gasteiger partial charge in [-0.05, 0) is 80.1 Å². The molecule has 0 heterocycles. The van der Waals surface area contributed by atoms with Crippen molar-refractivity contribution < 1.29 is 46.1 Å². The topological polar surface area (TPSA) is 98.7 Å². The van der Waals surface area contributed by atoms with Gasteiger partial charge in [-0.15, -0.1) is 0 Å². The number of hydrogen-bond acceptors (Lipinski definition) is 5. The summed E-state index contributed by atoms with van der Waals surface area (Å²) in [6.07, 6.45) is -10.0. The van der Waals surface area contributed by atoms with E-state index in [4.69, 9.17) is 0 Å². The number of hydrogen-bond donors (Lipinski definition) is 4. The number of nitrogens with one attached hydrogen (secondary N) is 2. The van der Waals surface area contributed by atoms with E-state index in [1.807, 2.05) is 13.8 Å². The van der Waals surface area contributed by atoms with Gasteiger partial charge in [0.15, 0.2) is 5.78 Å². The Morgan fingerprint density at radius 3 is 1.60 bits per heavy atom. The maximum Gasteiger partial charge on any atom is 0.411 e. The predicted molar refractivity (Wildman–Crippen MR) is 169 cm³/mol. The summed E-state index contributed by atoms with van der Waals surface area (Å²) in [6.45, 7) is 10.7. The van der Waals surface area contributed by atoms with E-state index < -0.39 is 62.9 Å². The summed E-state index contributed by atoms with van der Waals surface area (Å²) in [5.41, 5.74) is -9.60. The summed E-state index contributed by atoms with van der Waals surface area (Å²) >= 11 is 0. The molecule has 47 heavy (non-hydrogen) atoms. The van der Waals surface area contributed by atoms with Gasteiger partial charge >= 0.3 is 12.4 Å². The maximum atomic E-state index is 15.0. The molecular weight excluding hydrogens is 626 g/mol. The van der Waals surface area contributed by atoms with Gasteiger partial charge in [0.05, 0.1) is 11.4 Å². The number of phenols is 2. The van der Waals surface area contributed by atoms with Crippen molar-refractivity contribution in [3.8, 4) is 11.5 Å². The van der Waals surface area contributed by atoms with Crippen LogP contribution in [0.25, 0.3) is 0 Å². The van der Waals surface area contributed by atoms with Crippen LogP contribution in [-0.2, 0) is 5.41 Å². The first kappa shape index (κ1) is 37.2. The molecule has 0 saturated carbocycles. The second-order valence-electron chi connectivity index (χ2n) is 12.2. The monoisotopic (exact) mass is 666 g/mol. The second-order valence-corrected chi connectivity index (χ2v) is 12.2. The highest BCUT2D eigenvalue weighted by Crippen LogP contribution is 2.57. The fraction of sp³-hybridized carbons (Fsp3) is 0.429. The van der Waals surface area contributed by atoms with Crippen molar-refractivity contribution in [2.75, 3.05) is 10.6 Å². The summed E-state index contributed by atoms with van der Waals surface area (Å²) in [6, 6.07) is 9.02. The Bertz CT molecular complexity index is 1590. The SMILES string of the molecule is CCC(C)(CC)Nc1cc(C(c2ccc(O)c(NC(=O)c3cccc(C(=O)C(C)(CC)CC)c3)c2)(C(F)(F)F)C(F)(F)F)ccc1O. The number of anilines is 2. The number of alkyl halides is 6. The van der Waals surface area contributed by atoms with Crippen LogP contribution < -0.4 is 10.6 Å². The van der Waals surface area contributed by atoms with Gasteiger partial charge in [0.2, 0.25) is 5.41 Å². The van der Waals surface area contributed by atoms with Gasteiger partial charge < -0.3 is 20.8 Å². The van der Waals surface area contributed by atoms with Crippen LogP contribution in [0, 0.1) is 5.41 Å². The summed E-state index contributed by atoms with van der Waals surface area (Å²) in [4.78, 5) is 26.4. The number of carbonyl (C=O) groups excluding carboxylic acids is 2. The van der Waals surface area contributed by atoms with Gasteiger partial charge in [-0.2, -0.15) is 26.3 Å². The first-order valence-electron chi connectivity index (χ1n) is 15.3. The predicted octanol–water partition coefficient (Wildman–Crippen LogP) is 9.76. The lowest BCUT2D eigenvalue weighted by Crippen LogP contribution is -2.54. The van der Waals surface area contributed by atoms with Gasteiger partial charge in [0, 0.05) is 22.1 Å². The molecule has 1 amide bonds. The van der Waals surface area contributed by atoms with E-state index >= 15 is 0 Å². The first-order valence-corrected chi connectivity index (χ1v) is 15.3. The third-order valence-electron chi connectivity index (χ3n) is 9.45. The number of halogens is 6. The van der Waals surface area contributed by atoms with Crippen molar-refractivity contribution in [1.82, 2.24) is 0 Å². The molecule has 0 aliphatic rings. The third-order valence-corrected chi connectivity index (χ3v) is 9.45. The minimum absolute atomic E-state index is 0.0998. The Morgan fingerprint density at radius 2 is 1.13 bits per heavy atom. The number of aromatic hydroxyl groups is 2. The normalized spacial score (nSPS) is 12.9. The van der Waals surface area contributed by atoms with E-state index in [0.717, 1.165) is 6.07 Å². The number of phenolic OH excluding ortho intramolecular Hbond substituents is 2. The van der Waals surface area contributed by atoms with Crippen molar-refractivity contribution in [2.24, 2.45) is 5.41 Å². The average Bonchev–Trinajstić information content (AvgIpc) is 3.02. The number of Topliss-reactive ketones (excluding diaryl/α,β-unsaturated/α-hetero) is 1. The van der Waals surface area contributed by atoms with Crippen molar-refractivity contribution >= 4 is 23.1 Å². The van der Waals surface area contributed by atoms with Gasteiger partial charge in [0.1, 0.15) is 11.5 Å². The summed E-state index contributed by atoms with van der Waals surface area (Å²) in [7, 11) is 0. The van der Waals surface area contributed by atoms with E-state index in [-0.39, 0.29) is 22.6 Å². The van der Waals surface area contributed by atoms with Crippen molar-refractivity contribution in [2.45, 2.75) is 90.5 Å². The van der Waals surface area contributed by atoms with E-state index in [0.29, 0.717) is 56.0 Å². The Balaban J connectivity index is 2.18. The minimum atomic E-state index is -5.98. The van der Waals surface area contributed by atoms with Crippen LogP contribution in [0.1, 0.15) is 99.1 Å². The maximum absolute atomic E-state index is 15.0. The number of carbonyl (C=O) groups is 2. The lowest BCUT2D eigenvalue weighted by molar-refractivity contribution is -0.288. The zero-order chi connectivity index (χ0) is 35.6. The van der Waals surface area contributed by atoms with E-state index in [2.05, 4.69) is 10.6 Å². The first-order chi connectivity index (χ1) is 21.7. The Kier molecular flexibility index (Phi) is 10.7. The molecule has 0 atom stereocenters. The van der Waals surface area contributed by atoms with Gasteiger partial charge in [0.25, 0.3) is 5.91 Å². The molecule has 0 aliphatic carbocycles. The molecule has 3 aromatic rings.